The summed E-state index contributed by atoms with van der Waals surface area (Å²) in [5, 5.41) is 1.88. The van der Waals surface area contributed by atoms with Crippen LogP contribution in [0.2, 0.25) is 0 Å². The minimum atomic E-state index is -0.420. The summed E-state index contributed by atoms with van der Waals surface area (Å²) >= 11 is 1.39. The summed E-state index contributed by atoms with van der Waals surface area (Å²) in [5.41, 5.74) is 3.04. The summed E-state index contributed by atoms with van der Waals surface area (Å²) < 4.78 is 4.72. The van der Waals surface area contributed by atoms with Gasteiger partial charge in [-0.1, -0.05) is 24.3 Å². The van der Waals surface area contributed by atoms with Gasteiger partial charge in [0.2, 0.25) is 0 Å². The third-order valence-corrected chi connectivity index (χ3v) is 4.52. The van der Waals surface area contributed by atoms with E-state index in [1.807, 2.05) is 49.6 Å². The Morgan fingerprint density at radius 2 is 1.86 bits per heavy atom. The molecule has 1 aromatic heterocycles. The first-order chi connectivity index (χ1) is 10.5. The zero-order chi connectivity index (χ0) is 16.1. The van der Waals surface area contributed by atoms with Gasteiger partial charge >= 0.3 is 5.97 Å². The van der Waals surface area contributed by atoms with Gasteiger partial charge in [0.05, 0.1) is 12.0 Å². The molecular weight excluding hydrogens is 298 g/mol. The number of nitrogens with zero attached hydrogens (tertiary/aromatic N) is 1. The number of aryl methyl sites for hydroxylation is 2. The molecule has 0 aliphatic carbocycles. The molecule has 1 heterocycles. The molecule has 0 atom stereocenters. The molecule has 1 amide bonds. The van der Waals surface area contributed by atoms with E-state index < -0.39 is 5.97 Å². The third-order valence-electron chi connectivity index (χ3n) is 3.51. The second-order valence-corrected chi connectivity index (χ2v) is 6.01. The van der Waals surface area contributed by atoms with E-state index in [1.54, 1.807) is 0 Å². The molecule has 0 N–H and O–H groups in total. The quantitative estimate of drug-likeness (QED) is 0.796. The summed E-state index contributed by atoms with van der Waals surface area (Å²) in [7, 11) is 1.33. The van der Waals surface area contributed by atoms with Crippen molar-refractivity contribution in [2.75, 3.05) is 13.7 Å². The lowest BCUT2D eigenvalue weighted by molar-refractivity contribution is -0.141. The highest BCUT2D eigenvalue weighted by molar-refractivity contribution is 7.12. The number of methoxy groups -OCH3 is 1. The van der Waals surface area contributed by atoms with E-state index in [4.69, 9.17) is 4.74 Å². The normalized spacial score (nSPS) is 10.3. The van der Waals surface area contributed by atoms with Crippen LogP contribution in [-0.4, -0.2) is 30.4 Å². The lowest BCUT2D eigenvalue weighted by Crippen LogP contribution is -2.35. The van der Waals surface area contributed by atoms with Gasteiger partial charge in [-0.2, -0.15) is 0 Å². The predicted octanol–water partition coefficient (Wildman–Crippen LogP) is 3.18. The smallest absolute Gasteiger partial charge is 0.325 e. The Morgan fingerprint density at radius 3 is 2.45 bits per heavy atom. The topological polar surface area (TPSA) is 46.6 Å². The van der Waals surface area contributed by atoms with Crippen LogP contribution in [0.3, 0.4) is 0 Å². The van der Waals surface area contributed by atoms with Crippen LogP contribution < -0.4 is 0 Å². The molecule has 5 heteroatoms. The number of amides is 1. The maximum Gasteiger partial charge on any atom is 0.325 e. The predicted molar refractivity (Wildman–Crippen MR) is 87.0 cm³/mol. The number of esters is 1. The van der Waals surface area contributed by atoms with Crippen molar-refractivity contribution in [3.05, 3.63) is 57.3 Å². The lowest BCUT2D eigenvalue weighted by atomic mass is 10.1. The van der Waals surface area contributed by atoms with Gasteiger partial charge in [-0.05, 0) is 42.0 Å². The van der Waals surface area contributed by atoms with Crippen molar-refractivity contribution in [3.63, 3.8) is 0 Å². The number of benzene rings is 1. The maximum absolute atomic E-state index is 12.7. The van der Waals surface area contributed by atoms with Crippen LogP contribution in [-0.2, 0) is 16.1 Å². The first kappa shape index (κ1) is 16.2. The van der Waals surface area contributed by atoms with Gasteiger partial charge in [0.25, 0.3) is 5.91 Å². The Kier molecular flexibility index (Phi) is 5.33. The molecule has 0 spiro atoms. The molecule has 0 radical (unpaired) electrons. The van der Waals surface area contributed by atoms with E-state index in [2.05, 4.69) is 0 Å². The van der Waals surface area contributed by atoms with Gasteiger partial charge in [-0.25, -0.2) is 0 Å². The van der Waals surface area contributed by atoms with E-state index in [1.165, 1.54) is 23.3 Å². The van der Waals surface area contributed by atoms with Crippen LogP contribution >= 0.6 is 11.3 Å². The van der Waals surface area contributed by atoms with Gasteiger partial charge in [0, 0.05) is 6.54 Å². The Morgan fingerprint density at radius 1 is 1.14 bits per heavy atom. The number of carbonyl (C=O) groups is 2. The molecule has 0 aliphatic rings. The average molecular weight is 317 g/mol. The fraction of sp³-hybridized carbons (Fsp3) is 0.294. The number of rotatable bonds is 5. The molecule has 0 bridgehead atoms. The minimum absolute atomic E-state index is 0.0546. The molecule has 0 saturated heterocycles. The molecule has 22 heavy (non-hydrogen) atoms. The number of ether oxygens (including phenoxy) is 1. The van der Waals surface area contributed by atoms with Crippen molar-refractivity contribution in [3.8, 4) is 0 Å². The van der Waals surface area contributed by atoms with Gasteiger partial charge in [0.1, 0.15) is 6.54 Å². The van der Waals surface area contributed by atoms with Crippen LogP contribution in [0.15, 0.2) is 35.7 Å². The lowest BCUT2D eigenvalue weighted by Gasteiger charge is -2.22. The zero-order valence-electron chi connectivity index (χ0n) is 13.0. The molecule has 0 unspecified atom stereocenters. The van der Waals surface area contributed by atoms with Crippen LogP contribution in [0, 0.1) is 13.8 Å². The Hall–Kier alpha value is -2.14. The Bertz CT molecular complexity index is 678. The van der Waals surface area contributed by atoms with E-state index in [9.17, 15) is 9.59 Å². The van der Waals surface area contributed by atoms with Crippen LogP contribution in [0.25, 0.3) is 0 Å². The Labute approximate surface area is 134 Å². The summed E-state index contributed by atoms with van der Waals surface area (Å²) in [6.45, 7) is 4.22. The maximum atomic E-state index is 12.7. The highest BCUT2D eigenvalue weighted by Gasteiger charge is 2.22. The summed E-state index contributed by atoms with van der Waals surface area (Å²) in [6, 6.07) is 9.75. The standard InChI is InChI=1S/C17H19NO3S/c1-12-6-4-5-7-14(12)10-18(11-15(19)21-3)17(20)16-13(2)8-9-22-16/h4-9H,10-11H2,1-3H3. The van der Waals surface area contributed by atoms with Crippen molar-refractivity contribution in [2.24, 2.45) is 0 Å². The zero-order valence-corrected chi connectivity index (χ0v) is 13.8. The number of hydrogen-bond donors (Lipinski definition) is 0. The molecule has 0 aliphatic heterocycles. The summed E-state index contributed by atoms with van der Waals surface area (Å²) in [4.78, 5) is 26.6. The number of thiophene rings is 1. The number of hydrogen-bond acceptors (Lipinski definition) is 4. The van der Waals surface area contributed by atoms with Gasteiger partial charge in [-0.3, -0.25) is 9.59 Å². The molecule has 116 valence electrons. The highest BCUT2D eigenvalue weighted by atomic mass is 32.1. The second-order valence-electron chi connectivity index (χ2n) is 5.10. The van der Waals surface area contributed by atoms with Crippen molar-refractivity contribution >= 4 is 23.2 Å². The van der Waals surface area contributed by atoms with Crippen LogP contribution in [0.1, 0.15) is 26.4 Å². The van der Waals surface area contributed by atoms with Crippen molar-refractivity contribution in [2.45, 2.75) is 20.4 Å². The highest BCUT2D eigenvalue weighted by Crippen LogP contribution is 2.20. The van der Waals surface area contributed by atoms with Crippen LogP contribution in [0.5, 0.6) is 0 Å². The largest absolute Gasteiger partial charge is 0.468 e. The molecule has 1 aromatic carbocycles. The van der Waals surface area contributed by atoms with Gasteiger partial charge < -0.3 is 9.64 Å². The SMILES string of the molecule is COC(=O)CN(Cc1ccccc1C)C(=O)c1sccc1C. The first-order valence-corrected chi connectivity index (χ1v) is 7.85. The summed E-state index contributed by atoms with van der Waals surface area (Å²) in [5.74, 6) is -0.558. The van der Waals surface area contributed by atoms with Crippen LogP contribution in [0.4, 0.5) is 0 Å². The van der Waals surface area contributed by atoms with Crippen molar-refractivity contribution in [1.29, 1.82) is 0 Å². The Balaban J connectivity index is 2.27. The molecule has 0 saturated carbocycles. The van der Waals surface area contributed by atoms with E-state index in [-0.39, 0.29) is 12.5 Å². The molecule has 2 rings (SSSR count). The van der Waals surface area contributed by atoms with E-state index >= 15 is 0 Å². The third kappa shape index (κ3) is 3.74. The summed E-state index contributed by atoms with van der Waals surface area (Å²) in [6.07, 6.45) is 0. The molecule has 0 fully saturated rings. The number of carbonyl (C=O) groups excluding carboxylic acids is 2. The fourth-order valence-corrected chi connectivity index (χ4v) is 3.04. The monoisotopic (exact) mass is 317 g/mol. The van der Waals surface area contributed by atoms with Gasteiger partial charge in [0.15, 0.2) is 0 Å². The molecule has 4 nitrogen and oxygen atoms in total. The second kappa shape index (κ2) is 7.22. The van der Waals surface area contributed by atoms with Crippen molar-refractivity contribution in [1.82, 2.24) is 4.90 Å². The minimum Gasteiger partial charge on any atom is -0.468 e. The van der Waals surface area contributed by atoms with Gasteiger partial charge in [-0.15, -0.1) is 11.3 Å². The average Bonchev–Trinajstić information content (AvgIpc) is 2.94. The van der Waals surface area contributed by atoms with Crippen molar-refractivity contribution < 1.29 is 14.3 Å². The first-order valence-electron chi connectivity index (χ1n) is 6.97. The fourth-order valence-electron chi connectivity index (χ4n) is 2.15. The van der Waals surface area contributed by atoms with E-state index in [0.29, 0.717) is 11.4 Å². The van der Waals surface area contributed by atoms with E-state index in [0.717, 1.165) is 16.7 Å². The molecule has 2 aromatic rings. The molecular formula is C17H19NO3S.